The number of nitrogens with one attached hydrogen (secondary N) is 2. The monoisotopic (exact) mass is 303 g/mol. The third-order valence-corrected chi connectivity index (χ3v) is 3.70. The maximum Gasteiger partial charge on any atom is 0.246 e. The Kier molecular flexibility index (Phi) is 3.53. The van der Waals surface area contributed by atoms with E-state index in [2.05, 4.69) is 15.6 Å². The Morgan fingerprint density at radius 1 is 1.38 bits per heavy atom. The minimum atomic E-state index is -0.383. The lowest BCUT2D eigenvalue weighted by atomic mass is 10.1. The maximum absolute atomic E-state index is 11.8. The van der Waals surface area contributed by atoms with Gasteiger partial charge in [0.25, 0.3) is 0 Å². The van der Waals surface area contributed by atoms with Crippen molar-refractivity contribution in [1.29, 1.82) is 0 Å². The van der Waals surface area contributed by atoms with Crippen LogP contribution in [0.1, 0.15) is 17.3 Å². The van der Waals surface area contributed by atoms with Gasteiger partial charge in [0, 0.05) is 23.5 Å². The van der Waals surface area contributed by atoms with E-state index in [1.54, 1.807) is 31.4 Å². The first kappa shape index (κ1) is 13.9. The Hall–Kier alpha value is -2.11. The zero-order valence-electron chi connectivity index (χ0n) is 11.6. The summed E-state index contributed by atoms with van der Waals surface area (Å²) >= 11 is 6.27. The lowest BCUT2D eigenvalue weighted by molar-refractivity contribution is -0.117. The van der Waals surface area contributed by atoms with Crippen molar-refractivity contribution >= 4 is 23.2 Å². The number of rotatable bonds is 3. The number of aryl methyl sites for hydroxylation is 1. The second-order valence-corrected chi connectivity index (χ2v) is 5.18. The van der Waals surface area contributed by atoms with Gasteiger partial charge in [-0.1, -0.05) is 11.6 Å². The average molecular weight is 304 g/mol. The first-order chi connectivity index (χ1) is 10.1. The van der Waals surface area contributed by atoms with E-state index >= 15 is 0 Å². The normalized spacial score (nSPS) is 16.5. The van der Waals surface area contributed by atoms with E-state index in [0.717, 1.165) is 11.3 Å². The number of carbonyl (C=O) groups excluding carboxylic acids is 1. The van der Waals surface area contributed by atoms with Crippen LogP contribution in [0.25, 0.3) is 0 Å². The largest absolute Gasteiger partial charge is 0.454 e. The van der Waals surface area contributed by atoms with Crippen LogP contribution >= 0.6 is 11.6 Å². The van der Waals surface area contributed by atoms with Crippen molar-refractivity contribution in [1.82, 2.24) is 10.3 Å². The van der Waals surface area contributed by atoms with E-state index in [4.69, 9.17) is 16.3 Å². The van der Waals surface area contributed by atoms with Gasteiger partial charge in [-0.05, 0) is 32.2 Å². The molecule has 1 unspecified atom stereocenters. The standard InChI is InChI=1S/C15H14ClN3O2/c1-8-12(4-3-5-18-8)21-13-7-11-9(6-10(13)16)14(17-2)15(20)19-11/h3-7,14,17H,1-2H3,(H,19,20). The van der Waals surface area contributed by atoms with Crippen molar-refractivity contribution < 1.29 is 9.53 Å². The average Bonchev–Trinajstić information content (AvgIpc) is 2.76. The number of amides is 1. The van der Waals surface area contributed by atoms with E-state index in [9.17, 15) is 4.79 Å². The Morgan fingerprint density at radius 2 is 2.19 bits per heavy atom. The molecule has 0 saturated carbocycles. The van der Waals surface area contributed by atoms with E-state index in [-0.39, 0.29) is 11.9 Å². The van der Waals surface area contributed by atoms with E-state index in [1.807, 2.05) is 13.0 Å². The minimum absolute atomic E-state index is 0.0988. The summed E-state index contributed by atoms with van der Waals surface area (Å²) in [6.45, 7) is 1.86. The number of ether oxygens (including phenoxy) is 1. The van der Waals surface area contributed by atoms with Crippen LogP contribution in [-0.4, -0.2) is 17.9 Å². The molecule has 3 rings (SSSR count). The summed E-state index contributed by atoms with van der Waals surface area (Å²) in [6.07, 6.45) is 1.70. The molecule has 0 radical (unpaired) electrons. The second-order valence-electron chi connectivity index (χ2n) is 4.77. The molecule has 5 nitrogen and oxygen atoms in total. The topological polar surface area (TPSA) is 63.2 Å². The number of anilines is 1. The highest BCUT2D eigenvalue weighted by Crippen LogP contribution is 2.40. The van der Waals surface area contributed by atoms with Crippen LogP contribution in [0, 0.1) is 6.92 Å². The SMILES string of the molecule is CNC1C(=O)Nc2cc(Oc3cccnc3C)c(Cl)cc21. The fraction of sp³-hybridized carbons (Fsp3) is 0.200. The molecular formula is C15H14ClN3O2. The Balaban J connectivity index is 1.98. The van der Waals surface area contributed by atoms with Crippen molar-refractivity contribution in [3.8, 4) is 11.5 Å². The minimum Gasteiger partial charge on any atom is -0.454 e. The van der Waals surface area contributed by atoms with Gasteiger partial charge in [-0.25, -0.2) is 0 Å². The fourth-order valence-corrected chi connectivity index (χ4v) is 2.53. The van der Waals surface area contributed by atoms with Crippen LogP contribution in [0.2, 0.25) is 5.02 Å². The highest BCUT2D eigenvalue weighted by molar-refractivity contribution is 6.32. The molecule has 1 atom stereocenters. The van der Waals surface area contributed by atoms with Gasteiger partial charge < -0.3 is 15.4 Å². The molecule has 0 spiro atoms. The predicted molar refractivity (Wildman–Crippen MR) is 80.9 cm³/mol. The van der Waals surface area contributed by atoms with Gasteiger partial charge in [-0.2, -0.15) is 0 Å². The van der Waals surface area contributed by atoms with Crippen molar-refractivity contribution in [3.63, 3.8) is 0 Å². The van der Waals surface area contributed by atoms with Crippen LogP contribution in [0.5, 0.6) is 11.5 Å². The van der Waals surface area contributed by atoms with Crippen LogP contribution in [0.4, 0.5) is 5.69 Å². The third-order valence-electron chi connectivity index (χ3n) is 3.40. The van der Waals surface area contributed by atoms with Crippen LogP contribution < -0.4 is 15.4 Å². The number of carbonyl (C=O) groups is 1. The zero-order chi connectivity index (χ0) is 15.0. The lowest BCUT2D eigenvalue weighted by Gasteiger charge is -2.12. The summed E-state index contributed by atoms with van der Waals surface area (Å²) in [5, 5.41) is 6.22. The predicted octanol–water partition coefficient (Wildman–Crippen LogP) is 3.05. The van der Waals surface area contributed by atoms with Crippen molar-refractivity contribution in [2.75, 3.05) is 12.4 Å². The number of pyridine rings is 1. The van der Waals surface area contributed by atoms with E-state index in [1.165, 1.54) is 0 Å². The lowest BCUT2D eigenvalue weighted by Crippen LogP contribution is -2.23. The summed E-state index contributed by atoms with van der Waals surface area (Å²) in [6, 6.07) is 6.71. The van der Waals surface area contributed by atoms with Gasteiger partial charge in [-0.15, -0.1) is 0 Å². The number of hydrogen-bond donors (Lipinski definition) is 2. The molecule has 1 amide bonds. The second kappa shape index (κ2) is 5.35. The number of hydrogen-bond acceptors (Lipinski definition) is 4. The fourth-order valence-electron chi connectivity index (χ4n) is 2.32. The summed E-state index contributed by atoms with van der Waals surface area (Å²) < 4.78 is 5.80. The Bertz CT molecular complexity index is 718. The van der Waals surface area contributed by atoms with Gasteiger partial charge in [0.1, 0.15) is 17.5 Å². The summed E-state index contributed by atoms with van der Waals surface area (Å²) in [5.74, 6) is 1.02. The molecule has 1 aromatic heterocycles. The molecule has 21 heavy (non-hydrogen) atoms. The molecule has 0 bridgehead atoms. The van der Waals surface area contributed by atoms with Gasteiger partial charge in [0.2, 0.25) is 5.91 Å². The number of nitrogens with zero attached hydrogens (tertiary/aromatic N) is 1. The summed E-state index contributed by atoms with van der Waals surface area (Å²) in [5.41, 5.74) is 2.30. The molecule has 0 aliphatic carbocycles. The molecule has 6 heteroatoms. The molecular weight excluding hydrogens is 290 g/mol. The molecule has 108 valence electrons. The molecule has 1 aliphatic heterocycles. The van der Waals surface area contributed by atoms with Gasteiger partial charge >= 0.3 is 0 Å². The maximum atomic E-state index is 11.8. The molecule has 0 fully saturated rings. The van der Waals surface area contributed by atoms with Crippen molar-refractivity contribution in [3.05, 3.63) is 46.7 Å². The molecule has 2 heterocycles. The number of halogens is 1. The molecule has 2 N–H and O–H groups in total. The van der Waals surface area contributed by atoms with Gasteiger partial charge in [0.15, 0.2) is 0 Å². The highest BCUT2D eigenvalue weighted by atomic mass is 35.5. The Labute approximate surface area is 127 Å². The van der Waals surface area contributed by atoms with E-state index < -0.39 is 0 Å². The Morgan fingerprint density at radius 3 is 2.90 bits per heavy atom. The quantitative estimate of drug-likeness (QED) is 0.915. The molecule has 0 saturated heterocycles. The van der Waals surface area contributed by atoms with Crippen LogP contribution in [0.3, 0.4) is 0 Å². The van der Waals surface area contributed by atoms with Crippen LogP contribution in [0.15, 0.2) is 30.5 Å². The summed E-state index contributed by atoms with van der Waals surface area (Å²) in [7, 11) is 1.73. The molecule has 1 aromatic carbocycles. The van der Waals surface area contributed by atoms with Crippen molar-refractivity contribution in [2.24, 2.45) is 0 Å². The van der Waals surface area contributed by atoms with Gasteiger partial charge in [0.05, 0.1) is 10.7 Å². The number of fused-ring (bicyclic) bond motifs is 1. The molecule has 1 aliphatic rings. The molecule has 2 aromatic rings. The first-order valence-corrected chi connectivity index (χ1v) is 6.89. The van der Waals surface area contributed by atoms with Crippen molar-refractivity contribution in [2.45, 2.75) is 13.0 Å². The highest BCUT2D eigenvalue weighted by Gasteiger charge is 2.30. The van der Waals surface area contributed by atoms with E-state index in [0.29, 0.717) is 22.2 Å². The number of aromatic nitrogens is 1. The zero-order valence-corrected chi connectivity index (χ0v) is 12.4. The smallest absolute Gasteiger partial charge is 0.246 e. The van der Waals surface area contributed by atoms with Crippen LogP contribution in [-0.2, 0) is 4.79 Å². The number of likely N-dealkylation sites (N-methyl/N-ethyl adjacent to an activating group) is 1. The first-order valence-electron chi connectivity index (χ1n) is 6.51. The van der Waals surface area contributed by atoms with Gasteiger partial charge in [-0.3, -0.25) is 9.78 Å². The summed E-state index contributed by atoms with van der Waals surface area (Å²) in [4.78, 5) is 16.0. The number of benzene rings is 1. The third kappa shape index (κ3) is 2.46.